The average molecular weight is 395 g/mol. The normalized spacial score (nSPS) is 10.6. The van der Waals surface area contributed by atoms with Gasteiger partial charge in [-0.25, -0.2) is 4.39 Å². The molecule has 0 aliphatic rings. The third-order valence-corrected chi connectivity index (χ3v) is 4.37. The van der Waals surface area contributed by atoms with E-state index < -0.39 is 5.82 Å². The third kappa shape index (κ3) is 5.71. The van der Waals surface area contributed by atoms with Crippen LogP contribution in [-0.2, 0) is 29.5 Å². The number of carbonyl (C=O) groups excluding carboxylic acids is 2. The molecule has 1 heterocycles. The summed E-state index contributed by atoms with van der Waals surface area (Å²) >= 11 is 0. The Morgan fingerprint density at radius 2 is 1.79 bits per heavy atom. The van der Waals surface area contributed by atoms with E-state index in [0.29, 0.717) is 18.5 Å². The molecule has 2 N–H and O–H groups in total. The Kier molecular flexibility index (Phi) is 6.67. The van der Waals surface area contributed by atoms with E-state index in [9.17, 15) is 14.0 Å². The molecule has 2 amide bonds. The molecule has 29 heavy (non-hydrogen) atoms. The smallest absolute Gasteiger partial charge is 0.239 e. The summed E-state index contributed by atoms with van der Waals surface area (Å²) in [5.41, 5.74) is 1.53. The van der Waals surface area contributed by atoms with Gasteiger partial charge in [-0.2, -0.15) is 0 Å². The summed E-state index contributed by atoms with van der Waals surface area (Å²) in [6.45, 7) is 0.238. The number of halogens is 1. The molecule has 0 saturated heterocycles. The molecule has 0 aliphatic heterocycles. The average Bonchev–Trinajstić information content (AvgIpc) is 3.07. The van der Waals surface area contributed by atoms with Crippen molar-refractivity contribution in [3.8, 4) is 11.4 Å². The minimum Gasteiger partial charge on any atom is -0.354 e. The van der Waals surface area contributed by atoms with Gasteiger partial charge in [-0.15, -0.1) is 10.2 Å². The van der Waals surface area contributed by atoms with E-state index >= 15 is 0 Å². The molecule has 0 bridgehead atoms. The van der Waals surface area contributed by atoms with Crippen LogP contribution in [0.25, 0.3) is 11.4 Å². The highest BCUT2D eigenvalue weighted by molar-refractivity contribution is 5.85. The van der Waals surface area contributed by atoms with Gasteiger partial charge in [0.2, 0.25) is 11.8 Å². The molecular formula is C21H22FN5O2. The highest BCUT2D eigenvalue weighted by atomic mass is 19.1. The quantitative estimate of drug-likeness (QED) is 0.607. The Morgan fingerprint density at radius 1 is 1.00 bits per heavy atom. The number of carbonyl (C=O) groups is 2. The molecule has 7 nitrogen and oxygen atoms in total. The molecule has 0 aliphatic carbocycles. The van der Waals surface area contributed by atoms with Crippen LogP contribution in [0.1, 0.15) is 11.4 Å². The maximum absolute atomic E-state index is 13.1. The van der Waals surface area contributed by atoms with Crippen molar-refractivity contribution in [1.82, 2.24) is 25.4 Å². The van der Waals surface area contributed by atoms with E-state index in [1.807, 2.05) is 41.9 Å². The molecule has 2 aromatic carbocycles. The van der Waals surface area contributed by atoms with Crippen LogP contribution in [0.3, 0.4) is 0 Å². The van der Waals surface area contributed by atoms with Gasteiger partial charge < -0.3 is 15.2 Å². The van der Waals surface area contributed by atoms with Crippen molar-refractivity contribution in [1.29, 1.82) is 0 Å². The van der Waals surface area contributed by atoms with Gasteiger partial charge in [-0.1, -0.05) is 42.5 Å². The number of amides is 2. The third-order valence-electron chi connectivity index (χ3n) is 4.37. The van der Waals surface area contributed by atoms with Gasteiger partial charge in [0, 0.05) is 25.6 Å². The van der Waals surface area contributed by atoms with Crippen LogP contribution in [0.2, 0.25) is 0 Å². The monoisotopic (exact) mass is 395 g/mol. The number of nitrogens with one attached hydrogen (secondary N) is 2. The van der Waals surface area contributed by atoms with Crippen LogP contribution in [0.5, 0.6) is 0 Å². The number of hydrogen-bond donors (Lipinski definition) is 2. The van der Waals surface area contributed by atoms with Gasteiger partial charge in [-0.3, -0.25) is 9.59 Å². The zero-order valence-corrected chi connectivity index (χ0v) is 16.1. The largest absolute Gasteiger partial charge is 0.354 e. The molecular weight excluding hydrogens is 373 g/mol. The van der Waals surface area contributed by atoms with Crippen LogP contribution < -0.4 is 10.6 Å². The molecule has 1 aromatic heterocycles. The van der Waals surface area contributed by atoms with E-state index in [0.717, 1.165) is 17.2 Å². The summed E-state index contributed by atoms with van der Waals surface area (Å²) in [6, 6.07) is 15.5. The summed E-state index contributed by atoms with van der Waals surface area (Å²) in [6.07, 6.45) is 0.533. The van der Waals surface area contributed by atoms with Crippen molar-refractivity contribution in [2.75, 3.05) is 13.1 Å². The second-order valence-electron chi connectivity index (χ2n) is 6.55. The first-order valence-corrected chi connectivity index (χ1v) is 9.24. The van der Waals surface area contributed by atoms with Crippen LogP contribution in [0, 0.1) is 5.82 Å². The second kappa shape index (κ2) is 9.59. The van der Waals surface area contributed by atoms with Crippen LogP contribution >= 0.6 is 0 Å². The molecule has 3 rings (SSSR count). The fourth-order valence-corrected chi connectivity index (χ4v) is 2.87. The van der Waals surface area contributed by atoms with Crippen molar-refractivity contribution in [2.24, 2.45) is 7.05 Å². The maximum Gasteiger partial charge on any atom is 0.239 e. The fraction of sp³-hybridized carbons (Fsp3) is 0.238. The zero-order chi connectivity index (χ0) is 20.6. The van der Waals surface area contributed by atoms with Crippen molar-refractivity contribution in [3.05, 3.63) is 71.8 Å². The molecule has 0 saturated carbocycles. The minimum atomic E-state index is -0.396. The second-order valence-corrected chi connectivity index (χ2v) is 6.55. The van der Waals surface area contributed by atoms with Gasteiger partial charge in [0.25, 0.3) is 0 Å². The Labute approximate surface area is 168 Å². The molecule has 3 aromatic rings. The van der Waals surface area contributed by atoms with Gasteiger partial charge in [-0.05, 0) is 17.7 Å². The highest BCUT2D eigenvalue weighted by Crippen LogP contribution is 2.16. The van der Waals surface area contributed by atoms with E-state index in [4.69, 9.17) is 0 Å². The maximum atomic E-state index is 13.1. The molecule has 8 heteroatoms. The van der Waals surface area contributed by atoms with Crippen molar-refractivity contribution < 1.29 is 14.0 Å². The Hall–Kier alpha value is -3.55. The standard InChI is InChI=1S/C21H22FN5O2/c1-27-18(25-26-21(27)16-7-3-2-4-8-16)10-11-23-20(29)14-24-19(28)13-15-6-5-9-17(22)12-15/h2-9,12H,10-11,13-14H2,1H3,(H,23,29)(H,24,28). The summed E-state index contributed by atoms with van der Waals surface area (Å²) in [7, 11) is 1.88. The lowest BCUT2D eigenvalue weighted by Gasteiger charge is -2.08. The number of rotatable bonds is 8. The minimum absolute atomic E-state index is 0.0201. The zero-order valence-electron chi connectivity index (χ0n) is 16.1. The van der Waals surface area contributed by atoms with E-state index in [1.54, 1.807) is 12.1 Å². The first-order valence-electron chi connectivity index (χ1n) is 9.24. The molecule has 150 valence electrons. The van der Waals surface area contributed by atoms with Gasteiger partial charge in [0.15, 0.2) is 5.82 Å². The molecule has 0 atom stereocenters. The summed E-state index contributed by atoms with van der Waals surface area (Å²) in [4.78, 5) is 23.8. The lowest BCUT2D eigenvalue weighted by Crippen LogP contribution is -2.38. The van der Waals surface area contributed by atoms with Crippen molar-refractivity contribution in [3.63, 3.8) is 0 Å². The molecule has 0 radical (unpaired) electrons. The Balaban J connectivity index is 1.41. The van der Waals surface area contributed by atoms with Crippen molar-refractivity contribution >= 4 is 11.8 Å². The van der Waals surface area contributed by atoms with Gasteiger partial charge >= 0.3 is 0 Å². The summed E-state index contributed by atoms with van der Waals surface area (Å²) in [5, 5.41) is 13.7. The lowest BCUT2D eigenvalue weighted by molar-refractivity contribution is -0.125. The highest BCUT2D eigenvalue weighted by Gasteiger charge is 2.11. The van der Waals surface area contributed by atoms with E-state index in [2.05, 4.69) is 20.8 Å². The Bertz CT molecular complexity index is 988. The van der Waals surface area contributed by atoms with Crippen molar-refractivity contribution in [2.45, 2.75) is 12.8 Å². The van der Waals surface area contributed by atoms with Gasteiger partial charge in [0.1, 0.15) is 11.6 Å². The van der Waals surface area contributed by atoms with E-state index in [-0.39, 0.29) is 24.8 Å². The molecule has 0 unspecified atom stereocenters. The van der Waals surface area contributed by atoms with Crippen LogP contribution in [0.15, 0.2) is 54.6 Å². The molecule has 0 fully saturated rings. The lowest BCUT2D eigenvalue weighted by atomic mass is 10.1. The fourth-order valence-electron chi connectivity index (χ4n) is 2.87. The molecule has 0 spiro atoms. The summed E-state index contributed by atoms with van der Waals surface area (Å²) in [5.74, 6) is 0.470. The first-order chi connectivity index (χ1) is 14.0. The number of aromatic nitrogens is 3. The predicted octanol–water partition coefficient (Wildman–Crippen LogP) is 1.64. The Morgan fingerprint density at radius 3 is 2.55 bits per heavy atom. The SMILES string of the molecule is Cn1c(CCNC(=O)CNC(=O)Cc2cccc(F)c2)nnc1-c1ccccc1. The first kappa shape index (κ1) is 20.2. The number of nitrogens with zero attached hydrogens (tertiary/aromatic N) is 3. The topological polar surface area (TPSA) is 88.9 Å². The number of benzene rings is 2. The van der Waals surface area contributed by atoms with Crippen LogP contribution in [-0.4, -0.2) is 39.7 Å². The summed E-state index contributed by atoms with van der Waals surface area (Å²) < 4.78 is 15.0. The number of hydrogen-bond acceptors (Lipinski definition) is 4. The predicted molar refractivity (Wildman–Crippen MR) is 106 cm³/mol. The van der Waals surface area contributed by atoms with Crippen LogP contribution in [0.4, 0.5) is 4.39 Å². The van der Waals surface area contributed by atoms with Gasteiger partial charge in [0.05, 0.1) is 13.0 Å². The van der Waals surface area contributed by atoms with E-state index in [1.165, 1.54) is 12.1 Å².